The minimum absolute atomic E-state index is 0.0167. The van der Waals surface area contributed by atoms with E-state index in [-0.39, 0.29) is 28.7 Å². The van der Waals surface area contributed by atoms with Gasteiger partial charge in [0.2, 0.25) is 5.95 Å². The molecule has 0 aliphatic carbocycles. The van der Waals surface area contributed by atoms with Crippen LogP contribution in [0.4, 0.5) is 17.5 Å². The zero-order chi connectivity index (χ0) is 20.3. The average molecular weight is 413 g/mol. The van der Waals surface area contributed by atoms with E-state index in [9.17, 15) is 15.4 Å². The lowest BCUT2D eigenvalue weighted by molar-refractivity contribution is -0.384. The molecule has 0 amide bonds. The Kier molecular flexibility index (Phi) is 5.63. The highest BCUT2D eigenvalue weighted by Gasteiger charge is 2.20. The number of nitrogens with zero attached hydrogens (tertiary/aromatic N) is 4. The van der Waals surface area contributed by atoms with E-state index in [1.807, 2.05) is 18.2 Å². The summed E-state index contributed by atoms with van der Waals surface area (Å²) in [6, 6.07) is 13.7. The van der Waals surface area contributed by atoms with Crippen LogP contribution >= 0.6 is 23.4 Å². The molecule has 8 nitrogen and oxygen atoms in total. The van der Waals surface area contributed by atoms with Gasteiger partial charge in [-0.2, -0.15) is 10.2 Å². The molecule has 4 N–H and O–H groups in total. The quantitative estimate of drug-likeness (QED) is 0.362. The molecule has 28 heavy (non-hydrogen) atoms. The van der Waals surface area contributed by atoms with Crippen LogP contribution in [0.5, 0.6) is 0 Å². The average Bonchev–Trinajstić information content (AvgIpc) is 2.67. The van der Waals surface area contributed by atoms with E-state index < -0.39 is 4.92 Å². The summed E-state index contributed by atoms with van der Waals surface area (Å²) in [6.45, 7) is 0. The van der Waals surface area contributed by atoms with E-state index in [1.54, 1.807) is 18.2 Å². The van der Waals surface area contributed by atoms with Gasteiger partial charge in [0, 0.05) is 33.4 Å². The number of nitrogen functional groups attached to an aromatic ring is 2. The summed E-state index contributed by atoms with van der Waals surface area (Å²) in [5.74, 6) is 0.386. The number of benzene rings is 2. The maximum atomic E-state index is 11.2. The van der Waals surface area contributed by atoms with Crippen molar-refractivity contribution in [1.82, 2.24) is 9.97 Å². The topological polar surface area (TPSA) is 145 Å². The van der Waals surface area contributed by atoms with Crippen LogP contribution in [0.3, 0.4) is 0 Å². The smallest absolute Gasteiger partial charge is 0.270 e. The number of nitriles is 1. The zero-order valence-electron chi connectivity index (χ0n) is 14.3. The number of nitrogens with two attached hydrogens (primary N) is 2. The summed E-state index contributed by atoms with van der Waals surface area (Å²) in [6.07, 6.45) is 0. The number of hydrogen-bond acceptors (Lipinski definition) is 8. The van der Waals surface area contributed by atoms with E-state index >= 15 is 0 Å². The molecule has 140 valence electrons. The highest BCUT2D eigenvalue weighted by molar-refractivity contribution is 7.98. The monoisotopic (exact) mass is 412 g/mol. The number of nitro groups is 1. The second kappa shape index (κ2) is 8.12. The van der Waals surface area contributed by atoms with E-state index in [0.29, 0.717) is 21.2 Å². The standard InChI is InChI=1S/C18H13ClN6O2S/c19-11-3-1-10(2-4-11)9-28-15-6-5-12(25(26)27)7-13(15)16-14(8-20)17(21)24-18(22)23-16/h1-7H,9H2,(H4,21,22,23,24). The molecule has 0 bridgehead atoms. The third kappa shape index (κ3) is 4.14. The number of non-ortho nitro benzene ring substituents is 1. The van der Waals surface area contributed by atoms with E-state index in [4.69, 9.17) is 23.1 Å². The predicted octanol–water partition coefficient (Wildman–Crippen LogP) is 4.03. The molecule has 0 saturated carbocycles. The van der Waals surface area contributed by atoms with Gasteiger partial charge in [0.1, 0.15) is 17.5 Å². The second-order valence-corrected chi connectivity index (χ2v) is 7.11. The minimum Gasteiger partial charge on any atom is -0.382 e. The number of halogens is 1. The summed E-state index contributed by atoms with van der Waals surface area (Å²) in [5.41, 5.74) is 12.9. The van der Waals surface area contributed by atoms with Crippen LogP contribution in [-0.2, 0) is 5.75 Å². The number of anilines is 2. The number of thioether (sulfide) groups is 1. The van der Waals surface area contributed by atoms with Gasteiger partial charge in [-0.15, -0.1) is 11.8 Å². The van der Waals surface area contributed by atoms with Crippen molar-refractivity contribution in [2.45, 2.75) is 10.6 Å². The van der Waals surface area contributed by atoms with Crippen LogP contribution < -0.4 is 11.5 Å². The van der Waals surface area contributed by atoms with Crippen LogP contribution in [0.1, 0.15) is 11.1 Å². The molecule has 0 aliphatic heterocycles. The van der Waals surface area contributed by atoms with Crippen LogP contribution in [0, 0.1) is 21.4 Å². The molecule has 3 aromatic rings. The molecule has 2 aromatic carbocycles. The van der Waals surface area contributed by atoms with Gasteiger partial charge in [-0.3, -0.25) is 10.1 Å². The second-order valence-electron chi connectivity index (χ2n) is 5.66. The summed E-state index contributed by atoms with van der Waals surface area (Å²) >= 11 is 7.34. The lowest BCUT2D eigenvalue weighted by atomic mass is 10.1. The first-order valence-corrected chi connectivity index (χ1v) is 9.24. The first kappa shape index (κ1) is 19.4. The van der Waals surface area contributed by atoms with Gasteiger partial charge in [0.25, 0.3) is 5.69 Å². The molecule has 0 atom stereocenters. The largest absolute Gasteiger partial charge is 0.382 e. The molecule has 0 saturated heterocycles. The first-order chi connectivity index (χ1) is 13.4. The Balaban J connectivity index is 2.08. The molecule has 0 radical (unpaired) electrons. The number of rotatable bonds is 5. The van der Waals surface area contributed by atoms with Crippen molar-refractivity contribution in [1.29, 1.82) is 5.26 Å². The summed E-state index contributed by atoms with van der Waals surface area (Å²) in [4.78, 5) is 19.3. The van der Waals surface area contributed by atoms with Gasteiger partial charge in [-0.25, -0.2) is 4.98 Å². The fourth-order valence-corrected chi connectivity index (χ4v) is 3.60. The Labute approximate surface area is 169 Å². The van der Waals surface area contributed by atoms with Crippen LogP contribution in [0.25, 0.3) is 11.3 Å². The predicted molar refractivity (Wildman–Crippen MR) is 109 cm³/mol. The van der Waals surface area contributed by atoms with E-state index in [0.717, 1.165) is 5.56 Å². The molecule has 3 rings (SSSR count). The van der Waals surface area contributed by atoms with Crippen molar-refractivity contribution in [3.63, 3.8) is 0 Å². The number of nitro benzene ring substituents is 1. The SMILES string of the molecule is N#Cc1c(N)nc(N)nc1-c1cc([N+](=O)[O-])ccc1SCc1ccc(Cl)cc1. The third-order valence-corrected chi connectivity index (χ3v) is 5.20. The lowest BCUT2D eigenvalue weighted by Gasteiger charge is -2.12. The first-order valence-electron chi connectivity index (χ1n) is 7.88. The fraction of sp³-hybridized carbons (Fsp3) is 0.0556. The van der Waals surface area contributed by atoms with Gasteiger partial charge < -0.3 is 11.5 Å². The molecule has 0 aliphatic rings. The molecule has 0 fully saturated rings. The van der Waals surface area contributed by atoms with Crippen LogP contribution in [-0.4, -0.2) is 14.9 Å². The van der Waals surface area contributed by atoms with Gasteiger partial charge >= 0.3 is 0 Å². The van der Waals surface area contributed by atoms with Gasteiger partial charge in [-0.05, 0) is 23.8 Å². The van der Waals surface area contributed by atoms with Crippen LogP contribution in [0.2, 0.25) is 5.02 Å². The molecule has 1 aromatic heterocycles. The molecular weight excluding hydrogens is 400 g/mol. The maximum absolute atomic E-state index is 11.2. The molecular formula is C18H13ClN6O2S. The van der Waals surface area contributed by atoms with Crippen molar-refractivity contribution in [2.75, 3.05) is 11.5 Å². The van der Waals surface area contributed by atoms with Crippen molar-refractivity contribution in [2.24, 2.45) is 0 Å². The number of hydrogen-bond donors (Lipinski definition) is 2. The molecule has 0 spiro atoms. The minimum atomic E-state index is -0.517. The molecule has 0 unspecified atom stereocenters. The van der Waals surface area contributed by atoms with Crippen molar-refractivity contribution < 1.29 is 4.92 Å². The van der Waals surface area contributed by atoms with Crippen LogP contribution in [0.15, 0.2) is 47.4 Å². The van der Waals surface area contributed by atoms with Crippen molar-refractivity contribution in [3.05, 3.63) is 68.7 Å². The third-order valence-electron chi connectivity index (χ3n) is 3.80. The normalized spacial score (nSPS) is 10.4. The van der Waals surface area contributed by atoms with Crippen molar-refractivity contribution >= 4 is 40.8 Å². The molecule has 10 heteroatoms. The maximum Gasteiger partial charge on any atom is 0.270 e. The Morgan fingerprint density at radius 1 is 1.18 bits per heavy atom. The van der Waals surface area contributed by atoms with Crippen molar-refractivity contribution in [3.8, 4) is 17.3 Å². The number of aromatic nitrogens is 2. The van der Waals surface area contributed by atoms with E-state index in [1.165, 1.54) is 23.9 Å². The van der Waals surface area contributed by atoms with Gasteiger partial charge in [0.05, 0.1) is 10.6 Å². The highest BCUT2D eigenvalue weighted by atomic mass is 35.5. The summed E-state index contributed by atoms with van der Waals surface area (Å²) < 4.78 is 0. The Morgan fingerprint density at radius 3 is 2.54 bits per heavy atom. The highest BCUT2D eigenvalue weighted by Crippen LogP contribution is 2.37. The fourth-order valence-electron chi connectivity index (χ4n) is 2.49. The van der Waals surface area contributed by atoms with E-state index in [2.05, 4.69) is 9.97 Å². The Hall–Kier alpha value is -3.35. The summed E-state index contributed by atoms with van der Waals surface area (Å²) in [5, 5.41) is 21.3. The summed E-state index contributed by atoms with van der Waals surface area (Å²) in [7, 11) is 0. The lowest BCUT2D eigenvalue weighted by Crippen LogP contribution is -2.05. The molecule has 1 heterocycles. The van der Waals surface area contributed by atoms with Gasteiger partial charge in [0.15, 0.2) is 0 Å². The zero-order valence-corrected chi connectivity index (χ0v) is 15.9. The Morgan fingerprint density at radius 2 is 1.89 bits per heavy atom. The van der Waals surface area contributed by atoms with Gasteiger partial charge in [-0.1, -0.05) is 23.7 Å². The Bertz CT molecular complexity index is 1100.